The van der Waals surface area contributed by atoms with Crippen LogP contribution in [0.25, 0.3) is 11.3 Å². The normalized spacial score (nSPS) is 16.1. The predicted molar refractivity (Wildman–Crippen MR) is 124 cm³/mol. The van der Waals surface area contributed by atoms with Crippen LogP contribution in [-0.2, 0) is 11.3 Å². The number of aromatic nitrogens is 1. The Bertz CT molecular complexity index is 835. The molecule has 0 amide bonds. The molecule has 31 heavy (non-hydrogen) atoms. The molecule has 168 valence electrons. The minimum Gasteiger partial charge on any atom is -0.389 e. The molecule has 1 fully saturated rings. The van der Waals surface area contributed by atoms with Gasteiger partial charge in [0.2, 0.25) is 5.88 Å². The van der Waals surface area contributed by atoms with Gasteiger partial charge in [-0.2, -0.15) is 0 Å². The van der Waals surface area contributed by atoms with Gasteiger partial charge in [-0.15, -0.1) is 6.42 Å². The van der Waals surface area contributed by atoms with E-state index in [1.807, 2.05) is 18.2 Å². The number of hydrogen-bond donors (Lipinski definition) is 1. The summed E-state index contributed by atoms with van der Waals surface area (Å²) in [4.78, 5) is 4.55. The van der Waals surface area contributed by atoms with Crippen molar-refractivity contribution in [3.05, 3.63) is 35.9 Å². The van der Waals surface area contributed by atoms with Crippen molar-refractivity contribution in [2.75, 3.05) is 37.7 Å². The third-order valence-corrected chi connectivity index (χ3v) is 5.92. The van der Waals surface area contributed by atoms with Crippen LogP contribution in [0.2, 0.25) is 0 Å². The molecule has 1 aliphatic heterocycles. The van der Waals surface area contributed by atoms with Gasteiger partial charge >= 0.3 is 0 Å². The number of benzene rings is 1. The highest BCUT2D eigenvalue weighted by molar-refractivity contribution is 5.68. The number of piperidine rings is 1. The van der Waals surface area contributed by atoms with Gasteiger partial charge in [0.15, 0.2) is 0 Å². The summed E-state index contributed by atoms with van der Waals surface area (Å²) in [6.45, 7) is 10.1. The molecule has 0 radical (unpaired) electrons. The first kappa shape index (κ1) is 23.3. The molecule has 6 heteroatoms. The van der Waals surface area contributed by atoms with Crippen LogP contribution in [0.15, 0.2) is 34.9 Å². The Balaban J connectivity index is 1.85. The van der Waals surface area contributed by atoms with Crippen molar-refractivity contribution in [3.63, 3.8) is 0 Å². The maximum atomic E-state index is 10.5. The van der Waals surface area contributed by atoms with Gasteiger partial charge < -0.3 is 19.3 Å². The van der Waals surface area contributed by atoms with Gasteiger partial charge in [0.1, 0.15) is 12.3 Å². The van der Waals surface area contributed by atoms with Crippen molar-refractivity contribution >= 4 is 5.88 Å². The molecule has 1 unspecified atom stereocenters. The Kier molecular flexibility index (Phi) is 8.53. The predicted octanol–water partition coefficient (Wildman–Crippen LogP) is 3.80. The van der Waals surface area contributed by atoms with Gasteiger partial charge in [-0.3, -0.25) is 4.90 Å². The molecule has 0 aliphatic carbocycles. The van der Waals surface area contributed by atoms with E-state index in [2.05, 4.69) is 53.8 Å². The number of terminal acetylenes is 1. The van der Waals surface area contributed by atoms with Crippen molar-refractivity contribution in [2.24, 2.45) is 5.92 Å². The fourth-order valence-electron chi connectivity index (χ4n) is 3.96. The molecule has 1 atom stereocenters. The average Bonchev–Trinajstić information content (AvgIpc) is 3.18. The fourth-order valence-corrected chi connectivity index (χ4v) is 3.96. The molecule has 1 aromatic carbocycles. The van der Waals surface area contributed by atoms with E-state index in [1.54, 1.807) is 0 Å². The fraction of sp³-hybridized carbons (Fsp3) is 0.560. The molecule has 0 saturated carbocycles. The molecule has 1 saturated heterocycles. The number of rotatable bonds is 10. The Hall–Kier alpha value is -2.33. The summed E-state index contributed by atoms with van der Waals surface area (Å²) in [6, 6.07) is 10.4. The summed E-state index contributed by atoms with van der Waals surface area (Å²) >= 11 is 0. The van der Waals surface area contributed by atoms with Crippen molar-refractivity contribution in [3.8, 4) is 23.6 Å². The molecule has 2 heterocycles. The SMILES string of the molecule is C#CCOCC(O)CN(Cc1c(-c2ccccc2)noc1N1CCC(C)CC1)C(C)C. The van der Waals surface area contributed by atoms with Gasteiger partial charge in [-0.25, -0.2) is 0 Å². The smallest absolute Gasteiger partial charge is 0.232 e. The van der Waals surface area contributed by atoms with Crippen LogP contribution in [0.1, 0.15) is 39.2 Å². The van der Waals surface area contributed by atoms with Gasteiger partial charge in [-0.1, -0.05) is 48.3 Å². The molecule has 2 aromatic rings. The van der Waals surface area contributed by atoms with Crippen molar-refractivity contribution in [1.29, 1.82) is 0 Å². The Morgan fingerprint density at radius 3 is 2.65 bits per heavy atom. The number of anilines is 1. The van der Waals surface area contributed by atoms with Crippen LogP contribution in [0.5, 0.6) is 0 Å². The van der Waals surface area contributed by atoms with E-state index < -0.39 is 6.10 Å². The van der Waals surface area contributed by atoms with E-state index in [0.717, 1.165) is 54.6 Å². The zero-order valence-corrected chi connectivity index (χ0v) is 19.0. The quantitative estimate of drug-likeness (QED) is 0.462. The van der Waals surface area contributed by atoms with Crippen molar-refractivity contribution in [1.82, 2.24) is 10.1 Å². The summed E-state index contributed by atoms with van der Waals surface area (Å²) in [7, 11) is 0. The summed E-state index contributed by atoms with van der Waals surface area (Å²) in [6.07, 6.45) is 6.92. The average molecular weight is 426 g/mol. The number of aliphatic hydroxyl groups is 1. The third kappa shape index (κ3) is 6.33. The van der Waals surface area contributed by atoms with Gasteiger partial charge in [-0.05, 0) is 32.6 Å². The summed E-state index contributed by atoms with van der Waals surface area (Å²) < 4.78 is 11.3. The largest absolute Gasteiger partial charge is 0.389 e. The number of ether oxygens (including phenoxy) is 1. The van der Waals surface area contributed by atoms with Crippen LogP contribution >= 0.6 is 0 Å². The summed E-state index contributed by atoms with van der Waals surface area (Å²) in [5.74, 6) is 4.03. The first-order chi connectivity index (χ1) is 15.0. The standard InChI is InChI=1S/C25H35N3O3/c1-5-15-30-18-22(29)16-28(19(2)3)17-23-24(21-9-7-6-8-10-21)26-31-25(23)27-13-11-20(4)12-14-27/h1,6-10,19-20,22,29H,11-18H2,2-4H3. The molecule has 0 spiro atoms. The molecular weight excluding hydrogens is 390 g/mol. The van der Waals surface area contributed by atoms with Gasteiger partial charge in [0.05, 0.1) is 18.3 Å². The van der Waals surface area contributed by atoms with Crippen LogP contribution in [0.4, 0.5) is 5.88 Å². The van der Waals surface area contributed by atoms with Gasteiger partial charge in [0.25, 0.3) is 0 Å². The first-order valence-electron chi connectivity index (χ1n) is 11.2. The third-order valence-electron chi connectivity index (χ3n) is 5.92. The van der Waals surface area contributed by atoms with E-state index in [4.69, 9.17) is 15.7 Å². The summed E-state index contributed by atoms with van der Waals surface area (Å²) in [5.41, 5.74) is 2.99. The lowest BCUT2D eigenvalue weighted by Gasteiger charge is -2.32. The van der Waals surface area contributed by atoms with E-state index in [-0.39, 0.29) is 19.3 Å². The zero-order valence-electron chi connectivity index (χ0n) is 19.0. The van der Waals surface area contributed by atoms with Crippen molar-refractivity contribution in [2.45, 2.75) is 52.3 Å². The second-order valence-electron chi connectivity index (χ2n) is 8.75. The maximum absolute atomic E-state index is 10.5. The van der Waals surface area contributed by atoms with E-state index in [1.165, 1.54) is 0 Å². The van der Waals surface area contributed by atoms with Crippen molar-refractivity contribution < 1.29 is 14.4 Å². The number of nitrogens with zero attached hydrogens (tertiary/aromatic N) is 3. The highest BCUT2D eigenvalue weighted by Crippen LogP contribution is 2.34. The Labute approximate surface area is 186 Å². The first-order valence-corrected chi connectivity index (χ1v) is 11.2. The number of aliphatic hydroxyl groups excluding tert-OH is 1. The number of hydrogen-bond acceptors (Lipinski definition) is 6. The zero-order chi connectivity index (χ0) is 22.2. The molecule has 6 nitrogen and oxygen atoms in total. The topological polar surface area (TPSA) is 62.0 Å². The molecule has 1 N–H and O–H groups in total. The van der Waals surface area contributed by atoms with Crippen LogP contribution in [0.3, 0.4) is 0 Å². The van der Waals surface area contributed by atoms with Crippen LogP contribution in [-0.4, -0.2) is 60.2 Å². The lowest BCUT2D eigenvalue weighted by molar-refractivity contribution is 0.0192. The van der Waals surface area contributed by atoms with E-state index in [9.17, 15) is 5.11 Å². The summed E-state index contributed by atoms with van der Waals surface area (Å²) in [5, 5.41) is 15.0. The van der Waals surface area contributed by atoms with Gasteiger partial charge in [0, 0.05) is 37.8 Å². The highest BCUT2D eigenvalue weighted by atomic mass is 16.5. The Morgan fingerprint density at radius 2 is 2.00 bits per heavy atom. The lowest BCUT2D eigenvalue weighted by atomic mass is 9.98. The van der Waals surface area contributed by atoms with E-state index in [0.29, 0.717) is 13.1 Å². The molecular formula is C25H35N3O3. The van der Waals surface area contributed by atoms with E-state index >= 15 is 0 Å². The monoisotopic (exact) mass is 425 g/mol. The molecule has 1 aliphatic rings. The highest BCUT2D eigenvalue weighted by Gasteiger charge is 2.28. The Morgan fingerprint density at radius 1 is 1.29 bits per heavy atom. The minimum absolute atomic E-state index is 0.208. The maximum Gasteiger partial charge on any atom is 0.232 e. The molecule has 3 rings (SSSR count). The van der Waals surface area contributed by atoms with Crippen LogP contribution in [0, 0.1) is 18.3 Å². The second kappa shape index (κ2) is 11.3. The second-order valence-corrected chi connectivity index (χ2v) is 8.75. The molecule has 1 aromatic heterocycles. The minimum atomic E-state index is -0.616. The lowest BCUT2D eigenvalue weighted by Crippen LogP contribution is -2.39. The van der Waals surface area contributed by atoms with Crippen LogP contribution < -0.4 is 4.90 Å². The molecule has 0 bridgehead atoms.